The number of carbonyl (C=O) groups excluding carboxylic acids is 2. The lowest BCUT2D eigenvalue weighted by Gasteiger charge is -2.23. The zero-order chi connectivity index (χ0) is 30.3. The molecule has 0 unspecified atom stereocenters. The highest BCUT2D eigenvalue weighted by molar-refractivity contribution is 7.94. The summed E-state index contributed by atoms with van der Waals surface area (Å²) in [5, 5.41) is 16.3. The number of halogens is 3. The second-order valence-electron chi connectivity index (χ2n) is 8.43. The summed E-state index contributed by atoms with van der Waals surface area (Å²) in [6, 6.07) is 10.6. The number of nitrogen functional groups attached to an aromatic ring is 1. The number of nitrogens with zero attached hydrogens (tertiary/aromatic N) is 2. The molecule has 13 nitrogen and oxygen atoms in total. The van der Waals surface area contributed by atoms with Crippen LogP contribution in [0, 0.1) is 5.95 Å². The first-order chi connectivity index (χ1) is 19.9. The van der Waals surface area contributed by atoms with Crippen LogP contribution in [0.3, 0.4) is 0 Å². The van der Waals surface area contributed by atoms with Gasteiger partial charge in [0.05, 0.1) is 34.5 Å². The molecule has 0 saturated carbocycles. The quantitative estimate of drug-likeness (QED) is 0.0269. The molecule has 0 saturated heterocycles. The van der Waals surface area contributed by atoms with Gasteiger partial charge in [0.1, 0.15) is 9.92 Å². The molecule has 0 spiro atoms. The average Bonchev–Trinajstić information content (AvgIpc) is 2.93. The molecule has 0 fully saturated rings. The number of rotatable bonds is 8. The highest BCUT2D eigenvalue weighted by Gasteiger charge is 2.34. The van der Waals surface area contributed by atoms with Crippen molar-refractivity contribution in [1.29, 1.82) is 0 Å². The third-order valence-electron chi connectivity index (χ3n) is 5.91. The number of hydrogen-bond donors (Lipinski definition) is 5. The van der Waals surface area contributed by atoms with E-state index >= 15 is 0 Å². The van der Waals surface area contributed by atoms with Crippen molar-refractivity contribution in [2.45, 2.75) is 9.79 Å². The van der Waals surface area contributed by atoms with Gasteiger partial charge < -0.3 is 16.4 Å². The molecule has 216 valence electrons. The summed E-state index contributed by atoms with van der Waals surface area (Å²) in [4.78, 5) is 33.7. The second kappa shape index (κ2) is 11.4. The Morgan fingerprint density at radius 1 is 0.929 bits per heavy atom. The van der Waals surface area contributed by atoms with E-state index < -0.39 is 48.7 Å². The normalized spacial score (nSPS) is 12.6. The van der Waals surface area contributed by atoms with Gasteiger partial charge in [0.15, 0.2) is 17.4 Å². The molecule has 1 aromatic heterocycles. The smallest absolute Gasteiger partial charge is 0.296 e. The number of fused-ring (bicyclic) bond motifs is 2. The first-order valence-corrected chi connectivity index (χ1v) is 14.2. The second-order valence-corrected chi connectivity index (χ2v) is 11.3. The number of carbonyl (C=O) groups is 2. The Bertz CT molecular complexity index is 1910. The third-order valence-corrected chi connectivity index (χ3v) is 7.90. The monoisotopic (exact) mass is 653 g/mol. The van der Waals surface area contributed by atoms with Gasteiger partial charge in [0, 0.05) is 27.4 Å². The molecule has 5 rings (SSSR count). The molecule has 0 radical (unpaired) electrons. The van der Waals surface area contributed by atoms with Gasteiger partial charge in [-0.05, 0) is 60.1 Å². The molecule has 42 heavy (non-hydrogen) atoms. The van der Waals surface area contributed by atoms with Crippen molar-refractivity contribution >= 4 is 85.5 Å². The van der Waals surface area contributed by atoms with Gasteiger partial charge in [0.2, 0.25) is 11.2 Å². The fourth-order valence-electron chi connectivity index (χ4n) is 4.18. The van der Waals surface area contributed by atoms with E-state index in [9.17, 15) is 27.0 Å². The summed E-state index contributed by atoms with van der Waals surface area (Å²) in [5.41, 5.74) is 6.07. The zero-order valence-corrected chi connectivity index (χ0v) is 23.5. The highest BCUT2D eigenvalue weighted by atomic mass is 35.5. The Kier molecular flexibility index (Phi) is 8.06. The number of nitrogens with two attached hydrogens (primary N) is 1. The van der Waals surface area contributed by atoms with Crippen LogP contribution in [0.25, 0.3) is 0 Å². The number of benzene rings is 3. The SMILES string of the molecule is Nc1ccc(Nc2ccc(S(=O)(=O)O)c(Nc3nc(Cl)nc(F)c3Cl)c2)c2c1C(=O)c1ccc(SOOO)cc1C2=O. The number of ketones is 2. The molecular formula is C24H14Cl2FN5O8S2. The van der Waals surface area contributed by atoms with Gasteiger partial charge in [-0.3, -0.25) is 14.1 Å². The predicted molar refractivity (Wildman–Crippen MR) is 150 cm³/mol. The van der Waals surface area contributed by atoms with Crippen molar-refractivity contribution in [2.75, 3.05) is 16.4 Å². The van der Waals surface area contributed by atoms with Crippen molar-refractivity contribution < 1.29 is 41.6 Å². The Balaban J connectivity index is 1.58. The van der Waals surface area contributed by atoms with Crippen LogP contribution < -0.4 is 16.4 Å². The maximum Gasteiger partial charge on any atom is 0.296 e. The maximum absolute atomic E-state index is 14.0. The zero-order valence-electron chi connectivity index (χ0n) is 20.4. The van der Waals surface area contributed by atoms with Gasteiger partial charge in [-0.1, -0.05) is 16.6 Å². The summed E-state index contributed by atoms with van der Waals surface area (Å²) in [7, 11) is -4.81. The molecule has 1 aliphatic carbocycles. The molecule has 0 aliphatic heterocycles. The van der Waals surface area contributed by atoms with Crippen LogP contribution in [0.4, 0.5) is 33.0 Å². The van der Waals surface area contributed by atoms with Gasteiger partial charge in [-0.2, -0.15) is 22.8 Å². The largest absolute Gasteiger partial charge is 0.398 e. The van der Waals surface area contributed by atoms with Crippen LogP contribution in [0.1, 0.15) is 31.8 Å². The van der Waals surface area contributed by atoms with Gasteiger partial charge >= 0.3 is 0 Å². The lowest BCUT2D eigenvalue weighted by Crippen LogP contribution is -2.23. The van der Waals surface area contributed by atoms with E-state index in [0.717, 1.165) is 6.07 Å². The molecule has 18 heteroatoms. The Labute approximate surface area is 249 Å². The molecule has 4 aromatic rings. The topological polar surface area (TPSA) is 203 Å². The molecule has 0 amide bonds. The predicted octanol–water partition coefficient (Wildman–Crippen LogP) is 5.44. The summed E-state index contributed by atoms with van der Waals surface area (Å²) in [6.45, 7) is 0. The Morgan fingerprint density at radius 2 is 1.67 bits per heavy atom. The van der Waals surface area contributed by atoms with Crippen LogP contribution in [-0.2, 0) is 19.5 Å². The van der Waals surface area contributed by atoms with Crippen LogP contribution in [0.15, 0.2) is 58.3 Å². The number of aromatic nitrogens is 2. The minimum atomic E-state index is -4.81. The van der Waals surface area contributed by atoms with Crippen LogP contribution >= 0.6 is 35.2 Å². The van der Waals surface area contributed by atoms with Crippen LogP contribution in [0.2, 0.25) is 10.3 Å². The standard InChI is InChI=1S/C24H14Cl2FN5O8S2/c25-19-22(27)31-24(26)32-23(19)30-15-7-9(1-6-16(15)42(36,37)38)29-14-5-4-13(28)17-18(14)21(34)12-8-10(41-40-39-35)2-3-11(12)20(17)33/h1-8,29,35H,28H2,(H,30,31,32)(H,36,37,38). The Morgan fingerprint density at radius 3 is 2.38 bits per heavy atom. The first-order valence-electron chi connectivity index (χ1n) is 11.2. The fourth-order valence-corrected chi connectivity index (χ4v) is 5.50. The van der Waals surface area contributed by atoms with Crippen molar-refractivity contribution in [3.05, 3.63) is 87.0 Å². The number of hydrogen-bond acceptors (Lipinski definition) is 13. The van der Waals surface area contributed by atoms with E-state index in [2.05, 4.69) is 30.0 Å². The lowest BCUT2D eigenvalue weighted by atomic mass is 9.82. The summed E-state index contributed by atoms with van der Waals surface area (Å²) in [6.07, 6.45) is 0. The van der Waals surface area contributed by atoms with Crippen molar-refractivity contribution in [1.82, 2.24) is 9.97 Å². The molecule has 1 heterocycles. The van der Waals surface area contributed by atoms with Gasteiger partial charge in [-0.25, -0.2) is 5.26 Å². The van der Waals surface area contributed by atoms with E-state index in [1.807, 2.05) is 0 Å². The summed E-state index contributed by atoms with van der Waals surface area (Å²) < 4.78 is 52.3. The van der Waals surface area contributed by atoms with Crippen LogP contribution in [-0.4, -0.2) is 39.8 Å². The molecule has 0 bridgehead atoms. The number of anilines is 5. The molecule has 1 aliphatic rings. The van der Waals surface area contributed by atoms with E-state index in [4.69, 9.17) is 34.2 Å². The van der Waals surface area contributed by atoms with Crippen molar-refractivity contribution in [3.8, 4) is 0 Å². The van der Waals surface area contributed by atoms with Crippen LogP contribution in [0.5, 0.6) is 0 Å². The minimum Gasteiger partial charge on any atom is -0.398 e. The molecule has 3 aromatic carbocycles. The maximum atomic E-state index is 14.0. The molecule has 6 N–H and O–H groups in total. The summed E-state index contributed by atoms with van der Waals surface area (Å²) >= 11 is 12.2. The van der Waals surface area contributed by atoms with Gasteiger partial charge in [-0.15, -0.1) is 4.33 Å². The average molecular weight is 654 g/mol. The van der Waals surface area contributed by atoms with E-state index in [0.29, 0.717) is 16.9 Å². The third kappa shape index (κ3) is 5.61. The summed E-state index contributed by atoms with van der Waals surface area (Å²) in [5.74, 6) is -2.69. The number of nitrogens with one attached hydrogen (secondary N) is 2. The van der Waals surface area contributed by atoms with E-state index in [1.54, 1.807) is 0 Å². The van der Waals surface area contributed by atoms with E-state index in [1.165, 1.54) is 42.5 Å². The molecule has 0 atom stereocenters. The first kappa shape index (κ1) is 29.6. The van der Waals surface area contributed by atoms with Gasteiger partial charge in [0.25, 0.3) is 10.1 Å². The lowest BCUT2D eigenvalue weighted by molar-refractivity contribution is -0.432. The van der Waals surface area contributed by atoms with Crippen molar-refractivity contribution in [3.63, 3.8) is 0 Å². The van der Waals surface area contributed by atoms with Crippen molar-refractivity contribution in [2.24, 2.45) is 0 Å². The fraction of sp³-hybridized carbons (Fsp3) is 0. The highest BCUT2D eigenvalue weighted by Crippen LogP contribution is 2.39. The minimum absolute atomic E-state index is 0.0223. The Hall–Kier alpha value is -3.87. The van der Waals surface area contributed by atoms with E-state index in [-0.39, 0.29) is 45.0 Å². The molecular weight excluding hydrogens is 640 g/mol.